The van der Waals surface area contributed by atoms with E-state index in [9.17, 15) is 35.5 Å². The van der Waals surface area contributed by atoms with Crippen molar-refractivity contribution in [1.29, 1.82) is 0 Å². The molecule has 3 aromatic rings. The number of aromatic nitrogens is 3. The summed E-state index contributed by atoms with van der Waals surface area (Å²) in [6.45, 7) is 1.26. The molecule has 3 rings (SSSR count). The summed E-state index contributed by atoms with van der Waals surface area (Å²) in [5, 5.41) is 9.00. The maximum absolute atomic E-state index is 14.0. The number of hydrogen-bond donors (Lipinski definition) is 1. The Balaban J connectivity index is 1.98. The van der Waals surface area contributed by atoms with Gasteiger partial charge in [0.1, 0.15) is 17.0 Å². The Bertz CT molecular complexity index is 1110. The zero-order chi connectivity index (χ0) is 22.4. The molecule has 1 aromatic carbocycles. The Kier molecular flexibility index (Phi) is 5.50. The van der Waals surface area contributed by atoms with Crippen LogP contribution in [0.25, 0.3) is 0 Å². The molecule has 0 saturated heterocycles. The van der Waals surface area contributed by atoms with Crippen LogP contribution < -0.4 is 5.32 Å². The van der Waals surface area contributed by atoms with E-state index in [1.165, 1.54) is 29.3 Å². The number of carbonyl (C=O) groups is 1. The highest BCUT2D eigenvalue weighted by Gasteiger charge is 2.42. The van der Waals surface area contributed by atoms with Gasteiger partial charge in [-0.3, -0.25) is 9.48 Å². The predicted molar refractivity (Wildman–Crippen MR) is 86.8 cm³/mol. The average Bonchev–Trinajstić information content (AvgIpc) is 3.22. The largest absolute Gasteiger partial charge is 0.422 e. The summed E-state index contributed by atoms with van der Waals surface area (Å²) in [5.74, 6) is -11.6. The van der Waals surface area contributed by atoms with E-state index >= 15 is 0 Å². The van der Waals surface area contributed by atoms with Gasteiger partial charge in [0.2, 0.25) is 0 Å². The molecule has 0 spiro atoms. The molecule has 1 N–H and O–H groups in total. The Morgan fingerprint density at radius 3 is 2.27 bits per heavy atom. The molecule has 0 saturated carbocycles. The monoisotopic (exact) mass is 456 g/mol. The SMILES string of the molecule is Cc1onc(C(=O)Nc2c(F)c(F)c(C(F)(F)F)c(F)c2F)c1Cn1cc(Cl)cn1. The van der Waals surface area contributed by atoms with Crippen LogP contribution in [0.1, 0.15) is 27.4 Å². The first kappa shape index (κ1) is 21.6. The number of anilines is 1. The van der Waals surface area contributed by atoms with Crippen LogP contribution >= 0.6 is 11.6 Å². The van der Waals surface area contributed by atoms with Crippen LogP contribution in [0.3, 0.4) is 0 Å². The van der Waals surface area contributed by atoms with E-state index in [0.717, 1.165) is 0 Å². The summed E-state index contributed by atoms with van der Waals surface area (Å²) in [6.07, 6.45) is -3.06. The van der Waals surface area contributed by atoms with Gasteiger partial charge in [-0.1, -0.05) is 16.8 Å². The van der Waals surface area contributed by atoms with Crippen LogP contribution in [0, 0.1) is 30.2 Å². The van der Waals surface area contributed by atoms with Crippen LogP contribution in [0.4, 0.5) is 36.4 Å². The number of amides is 1. The number of benzene rings is 1. The molecule has 0 bridgehead atoms. The van der Waals surface area contributed by atoms with Gasteiger partial charge in [0.05, 0.1) is 17.8 Å². The Hall–Kier alpha value is -3.09. The van der Waals surface area contributed by atoms with Crippen molar-refractivity contribution >= 4 is 23.2 Å². The molecule has 6 nitrogen and oxygen atoms in total. The summed E-state index contributed by atoms with van der Waals surface area (Å²) < 4.78 is 99.5. The average molecular weight is 457 g/mol. The molecule has 2 aromatic heterocycles. The minimum absolute atomic E-state index is 0.0703. The number of aryl methyl sites for hydroxylation is 1. The second-order valence-electron chi connectivity index (χ2n) is 5.88. The van der Waals surface area contributed by atoms with Crippen LogP contribution in [-0.2, 0) is 12.7 Å². The highest BCUT2D eigenvalue weighted by molar-refractivity contribution is 6.30. The molecule has 0 atom stereocenters. The third-order valence-electron chi connectivity index (χ3n) is 3.91. The van der Waals surface area contributed by atoms with Crippen LogP contribution in [-0.4, -0.2) is 20.8 Å². The van der Waals surface area contributed by atoms with Crippen LogP contribution in [0.5, 0.6) is 0 Å². The molecule has 0 aliphatic heterocycles. The van der Waals surface area contributed by atoms with Gasteiger partial charge in [-0.2, -0.15) is 18.3 Å². The van der Waals surface area contributed by atoms with Crippen molar-refractivity contribution in [3.63, 3.8) is 0 Å². The molecular formula is C16H8ClF7N4O2. The lowest BCUT2D eigenvalue weighted by atomic mass is 10.1. The third kappa shape index (κ3) is 3.84. The van der Waals surface area contributed by atoms with E-state index in [2.05, 4.69) is 10.3 Å². The number of nitrogens with zero attached hydrogens (tertiary/aromatic N) is 3. The van der Waals surface area contributed by atoms with Gasteiger partial charge in [-0.15, -0.1) is 0 Å². The van der Waals surface area contributed by atoms with E-state index < -0.39 is 52.3 Å². The minimum Gasteiger partial charge on any atom is -0.361 e. The van der Waals surface area contributed by atoms with Gasteiger partial charge >= 0.3 is 6.18 Å². The molecule has 160 valence electrons. The molecule has 1 amide bonds. The number of alkyl halides is 3. The van der Waals surface area contributed by atoms with E-state index in [0.29, 0.717) is 0 Å². The van der Waals surface area contributed by atoms with Crippen LogP contribution in [0.15, 0.2) is 16.9 Å². The molecule has 14 heteroatoms. The van der Waals surface area contributed by atoms with Crippen molar-refractivity contribution in [1.82, 2.24) is 14.9 Å². The second-order valence-corrected chi connectivity index (χ2v) is 6.32. The molecule has 0 radical (unpaired) electrons. The van der Waals surface area contributed by atoms with Crippen molar-refractivity contribution in [2.45, 2.75) is 19.6 Å². The lowest BCUT2D eigenvalue weighted by molar-refractivity contribution is -0.143. The van der Waals surface area contributed by atoms with Gasteiger partial charge in [0, 0.05) is 11.8 Å². The zero-order valence-electron chi connectivity index (χ0n) is 14.5. The van der Waals surface area contributed by atoms with Gasteiger partial charge < -0.3 is 9.84 Å². The topological polar surface area (TPSA) is 73.0 Å². The van der Waals surface area contributed by atoms with Gasteiger partial charge in [0.15, 0.2) is 29.0 Å². The first-order valence-corrected chi connectivity index (χ1v) is 8.17. The van der Waals surface area contributed by atoms with Crippen LogP contribution in [0.2, 0.25) is 5.02 Å². The van der Waals surface area contributed by atoms with Crippen molar-refractivity contribution in [3.05, 3.63) is 63.3 Å². The van der Waals surface area contributed by atoms with Gasteiger partial charge in [-0.25, -0.2) is 17.6 Å². The second kappa shape index (κ2) is 7.63. The smallest absolute Gasteiger partial charge is 0.361 e. The van der Waals surface area contributed by atoms with E-state index in [1.807, 2.05) is 0 Å². The Labute approximate surface area is 167 Å². The molecule has 0 unspecified atom stereocenters. The van der Waals surface area contributed by atoms with E-state index in [4.69, 9.17) is 16.1 Å². The standard InChI is InChI=1S/C16H8ClF7N4O2/c1-5-7(4-28-3-6(17)2-25-28)13(27-30-5)15(29)26-14-11(20)9(18)8(16(22,23)24)10(19)12(14)21/h2-3H,4H2,1H3,(H,26,29). The number of halogens is 8. The molecule has 2 heterocycles. The first-order chi connectivity index (χ1) is 13.9. The van der Waals surface area contributed by atoms with Gasteiger partial charge in [-0.05, 0) is 6.92 Å². The number of hydrogen-bond acceptors (Lipinski definition) is 4. The maximum Gasteiger partial charge on any atom is 0.422 e. The zero-order valence-corrected chi connectivity index (χ0v) is 15.3. The lowest BCUT2D eigenvalue weighted by Crippen LogP contribution is -2.21. The fourth-order valence-electron chi connectivity index (χ4n) is 2.51. The summed E-state index contributed by atoms with van der Waals surface area (Å²) in [4.78, 5) is 12.4. The molecular weight excluding hydrogens is 449 g/mol. The summed E-state index contributed by atoms with van der Waals surface area (Å²) >= 11 is 5.72. The number of nitrogens with one attached hydrogen (secondary N) is 1. The summed E-state index contributed by atoms with van der Waals surface area (Å²) in [5.41, 5.74) is -4.99. The highest BCUT2D eigenvalue weighted by atomic mass is 35.5. The fourth-order valence-corrected chi connectivity index (χ4v) is 2.66. The van der Waals surface area contributed by atoms with Crippen molar-refractivity contribution in [3.8, 4) is 0 Å². The highest BCUT2D eigenvalue weighted by Crippen LogP contribution is 2.38. The predicted octanol–water partition coefficient (Wildman–Crippen LogP) is 4.71. The minimum atomic E-state index is -5.71. The van der Waals surface area contributed by atoms with Gasteiger partial charge in [0.25, 0.3) is 5.91 Å². The van der Waals surface area contributed by atoms with Crippen molar-refractivity contribution in [2.24, 2.45) is 0 Å². The number of rotatable bonds is 4. The normalized spacial score (nSPS) is 11.8. The first-order valence-electron chi connectivity index (χ1n) is 7.79. The van der Waals surface area contributed by atoms with E-state index in [1.54, 1.807) is 0 Å². The van der Waals surface area contributed by atoms with Crippen molar-refractivity contribution in [2.75, 3.05) is 5.32 Å². The third-order valence-corrected chi connectivity index (χ3v) is 4.10. The molecule has 30 heavy (non-hydrogen) atoms. The van der Waals surface area contributed by atoms with Crippen molar-refractivity contribution < 1.29 is 40.1 Å². The summed E-state index contributed by atoms with van der Waals surface area (Å²) in [6, 6.07) is 0. The fraction of sp³-hybridized carbons (Fsp3) is 0.188. The maximum atomic E-state index is 14.0. The number of carbonyl (C=O) groups excluding carboxylic acids is 1. The summed E-state index contributed by atoms with van der Waals surface area (Å²) in [7, 11) is 0. The molecule has 0 fully saturated rings. The molecule has 0 aliphatic carbocycles. The lowest BCUT2D eigenvalue weighted by Gasteiger charge is -2.14. The Morgan fingerprint density at radius 1 is 1.17 bits per heavy atom. The Morgan fingerprint density at radius 2 is 1.77 bits per heavy atom. The van der Waals surface area contributed by atoms with E-state index in [-0.39, 0.29) is 22.9 Å². The molecule has 0 aliphatic rings. The quantitative estimate of drug-likeness (QED) is 0.456.